The van der Waals surface area contributed by atoms with Gasteiger partial charge in [-0.15, -0.1) is 11.3 Å². The maximum absolute atomic E-state index is 5.07. The second-order valence-electron chi connectivity index (χ2n) is 13.9. The summed E-state index contributed by atoms with van der Waals surface area (Å²) in [6.45, 7) is 0. The van der Waals surface area contributed by atoms with E-state index in [9.17, 15) is 0 Å². The smallest absolute Gasteiger partial charge is 0.0890 e. The quantitative estimate of drug-likeness (QED) is 0.166. The van der Waals surface area contributed by atoms with Gasteiger partial charge in [0.25, 0.3) is 0 Å². The molecule has 0 bridgehead atoms. The highest BCUT2D eigenvalue weighted by Crippen LogP contribution is 2.42. The lowest BCUT2D eigenvalue weighted by atomic mass is 9.93. The largest absolute Gasteiger partial charge is 0.309 e. The fraction of sp³-hybridized carbons (Fsp3) is 0. The predicted molar refractivity (Wildman–Crippen MR) is 233 cm³/mol. The van der Waals surface area contributed by atoms with Gasteiger partial charge in [0.05, 0.1) is 22.1 Å². The fourth-order valence-corrected chi connectivity index (χ4v) is 9.42. The molecule has 0 aliphatic carbocycles. The molecule has 2 heterocycles. The number of nitrogens with zero attached hydrogens (tertiary/aromatic N) is 2. The molecule has 0 radical (unpaired) electrons. The Bertz CT molecular complexity index is 3050. The van der Waals surface area contributed by atoms with Gasteiger partial charge < -0.3 is 4.90 Å². The normalized spacial score (nSPS) is 11.7. The first kappa shape index (κ1) is 30.8. The first-order valence-electron chi connectivity index (χ1n) is 18.4. The lowest BCUT2D eigenvalue weighted by Gasteiger charge is -2.26. The summed E-state index contributed by atoms with van der Waals surface area (Å²) in [5.74, 6) is 0. The van der Waals surface area contributed by atoms with Gasteiger partial charge in [-0.05, 0) is 114 Å². The van der Waals surface area contributed by atoms with E-state index in [2.05, 4.69) is 193 Å². The van der Waals surface area contributed by atoms with Crippen LogP contribution in [0.15, 0.2) is 194 Å². The molecule has 9 aromatic carbocycles. The van der Waals surface area contributed by atoms with Crippen molar-refractivity contribution < 1.29 is 0 Å². The minimum atomic E-state index is 1.03. The van der Waals surface area contributed by atoms with E-state index in [1.54, 1.807) is 11.3 Å². The van der Waals surface area contributed by atoms with Gasteiger partial charge in [-0.1, -0.05) is 140 Å². The van der Waals surface area contributed by atoms with Gasteiger partial charge in [-0.3, -0.25) is 4.98 Å². The van der Waals surface area contributed by atoms with Gasteiger partial charge in [0.1, 0.15) is 0 Å². The number of anilines is 3. The van der Waals surface area contributed by atoms with Gasteiger partial charge in [0.15, 0.2) is 0 Å². The standard InChI is InChI=1S/C51H32N2S/c1-3-13-40-35(11-1)29-47(44-17-7-5-15-42(40)44)33-21-25-37(26-22-33)53(39-31-50-51(52-32-39)46-19-9-10-20-49(46)54-50)38-27-23-34(24-28-38)48-30-36-12-2-4-14-41(36)43-16-6-8-18-45(43)48/h1-32H. The second kappa shape index (κ2) is 12.4. The Morgan fingerprint density at radius 1 is 0.352 bits per heavy atom. The van der Waals surface area contributed by atoms with Crippen molar-refractivity contribution in [1.29, 1.82) is 0 Å². The molecule has 0 atom stereocenters. The summed E-state index contributed by atoms with van der Waals surface area (Å²) in [6.07, 6.45) is 2.02. The third-order valence-electron chi connectivity index (χ3n) is 10.9. The van der Waals surface area contributed by atoms with E-state index in [1.165, 1.54) is 80.1 Å². The third-order valence-corrected chi connectivity index (χ3v) is 12.0. The van der Waals surface area contributed by atoms with Crippen molar-refractivity contribution in [3.05, 3.63) is 194 Å². The molecule has 0 N–H and O–H groups in total. The van der Waals surface area contributed by atoms with E-state index >= 15 is 0 Å². The number of hydrogen-bond donors (Lipinski definition) is 0. The van der Waals surface area contributed by atoms with Crippen molar-refractivity contribution in [3.63, 3.8) is 0 Å². The first-order chi connectivity index (χ1) is 26.8. The summed E-state index contributed by atoms with van der Waals surface area (Å²) >= 11 is 1.80. The van der Waals surface area contributed by atoms with Gasteiger partial charge in [0, 0.05) is 21.5 Å². The maximum atomic E-state index is 5.07. The number of benzene rings is 9. The molecule has 0 saturated heterocycles. The summed E-state index contributed by atoms with van der Waals surface area (Å²) in [6, 6.07) is 68.4. The number of pyridine rings is 1. The first-order valence-corrected chi connectivity index (χ1v) is 19.2. The highest BCUT2D eigenvalue weighted by atomic mass is 32.1. The van der Waals surface area contributed by atoms with Gasteiger partial charge in [-0.25, -0.2) is 0 Å². The highest BCUT2D eigenvalue weighted by molar-refractivity contribution is 7.25. The van der Waals surface area contributed by atoms with Crippen LogP contribution in [0, 0.1) is 0 Å². The van der Waals surface area contributed by atoms with Crippen LogP contribution in [0.3, 0.4) is 0 Å². The highest BCUT2D eigenvalue weighted by Gasteiger charge is 2.18. The Hall–Kier alpha value is -6.81. The molecular formula is C51H32N2S. The molecule has 2 aromatic heterocycles. The second-order valence-corrected chi connectivity index (χ2v) is 15.0. The van der Waals surface area contributed by atoms with Crippen molar-refractivity contribution in [2.24, 2.45) is 0 Å². The third kappa shape index (κ3) is 4.97. The van der Waals surface area contributed by atoms with Crippen LogP contribution in [-0.4, -0.2) is 4.98 Å². The van der Waals surface area contributed by atoms with E-state index in [0.29, 0.717) is 0 Å². The Labute approximate surface area is 316 Å². The minimum absolute atomic E-state index is 1.03. The zero-order chi connectivity index (χ0) is 35.6. The average molecular weight is 705 g/mol. The van der Waals surface area contributed by atoms with E-state index in [1.807, 2.05) is 6.20 Å². The molecule has 11 aromatic rings. The van der Waals surface area contributed by atoms with Crippen LogP contribution in [0.1, 0.15) is 0 Å². The van der Waals surface area contributed by atoms with Crippen molar-refractivity contribution in [1.82, 2.24) is 4.98 Å². The molecule has 3 heteroatoms. The Balaban J connectivity index is 1.05. The summed E-state index contributed by atoms with van der Waals surface area (Å²) in [5.41, 5.74) is 9.10. The van der Waals surface area contributed by atoms with E-state index < -0.39 is 0 Å². The van der Waals surface area contributed by atoms with Crippen molar-refractivity contribution >= 4 is 91.8 Å². The topological polar surface area (TPSA) is 16.1 Å². The molecule has 2 nitrogen and oxygen atoms in total. The summed E-state index contributed by atoms with van der Waals surface area (Å²) in [5, 5.41) is 11.3. The average Bonchev–Trinajstić information content (AvgIpc) is 3.62. The van der Waals surface area contributed by atoms with E-state index in [4.69, 9.17) is 4.98 Å². The van der Waals surface area contributed by atoms with Crippen LogP contribution >= 0.6 is 11.3 Å². The molecule has 54 heavy (non-hydrogen) atoms. The Kier molecular flexibility index (Phi) is 7.07. The summed E-state index contributed by atoms with van der Waals surface area (Å²) in [7, 11) is 0. The zero-order valence-corrected chi connectivity index (χ0v) is 30.1. The molecule has 0 unspecified atom stereocenters. The van der Waals surface area contributed by atoms with Crippen LogP contribution in [-0.2, 0) is 0 Å². The van der Waals surface area contributed by atoms with Crippen LogP contribution in [0.4, 0.5) is 17.1 Å². The van der Waals surface area contributed by atoms with Crippen molar-refractivity contribution in [3.8, 4) is 22.3 Å². The van der Waals surface area contributed by atoms with Gasteiger partial charge >= 0.3 is 0 Å². The monoisotopic (exact) mass is 704 g/mol. The van der Waals surface area contributed by atoms with E-state index in [-0.39, 0.29) is 0 Å². The Morgan fingerprint density at radius 2 is 0.796 bits per heavy atom. The molecule has 0 fully saturated rings. The molecule has 0 spiro atoms. The molecule has 0 aliphatic rings. The summed E-state index contributed by atoms with van der Waals surface area (Å²) < 4.78 is 2.43. The lowest BCUT2D eigenvalue weighted by molar-refractivity contribution is 1.26. The number of hydrogen-bond acceptors (Lipinski definition) is 3. The van der Waals surface area contributed by atoms with Crippen LogP contribution in [0.5, 0.6) is 0 Å². The number of rotatable bonds is 5. The van der Waals surface area contributed by atoms with Crippen molar-refractivity contribution in [2.45, 2.75) is 0 Å². The molecule has 11 rings (SSSR count). The van der Waals surface area contributed by atoms with Gasteiger partial charge in [0.2, 0.25) is 0 Å². The fourth-order valence-electron chi connectivity index (χ4n) is 8.32. The minimum Gasteiger partial charge on any atom is -0.309 e. The molecule has 252 valence electrons. The number of thiophene rings is 1. The molecule has 0 aliphatic heterocycles. The van der Waals surface area contributed by atoms with Gasteiger partial charge in [-0.2, -0.15) is 0 Å². The SMILES string of the molecule is c1ccc2c(c1)cc(-c1ccc(N(c3ccc(-c4cc5ccccc5c5ccccc45)cc3)c3cnc4c(c3)sc3ccccc34)cc1)c1ccccc12. The number of fused-ring (bicyclic) bond motifs is 9. The predicted octanol–water partition coefficient (Wildman–Crippen LogP) is 14.9. The lowest BCUT2D eigenvalue weighted by Crippen LogP contribution is -2.10. The Morgan fingerprint density at radius 3 is 1.33 bits per heavy atom. The van der Waals surface area contributed by atoms with Crippen LogP contribution < -0.4 is 4.90 Å². The molecule has 0 amide bonds. The van der Waals surface area contributed by atoms with Crippen molar-refractivity contribution in [2.75, 3.05) is 4.90 Å². The molecule has 0 saturated carbocycles. The van der Waals surface area contributed by atoms with Crippen LogP contribution in [0.25, 0.3) is 85.6 Å². The van der Waals surface area contributed by atoms with Crippen LogP contribution in [0.2, 0.25) is 0 Å². The number of aromatic nitrogens is 1. The van der Waals surface area contributed by atoms with E-state index in [0.717, 1.165) is 22.6 Å². The summed E-state index contributed by atoms with van der Waals surface area (Å²) in [4.78, 5) is 7.40. The zero-order valence-electron chi connectivity index (χ0n) is 29.3. The molecular weight excluding hydrogens is 673 g/mol. The maximum Gasteiger partial charge on any atom is 0.0890 e.